The predicted molar refractivity (Wildman–Crippen MR) is 49.6 cm³/mol. The minimum Gasteiger partial charge on any atom is -0.432 e. The second-order valence-electron chi connectivity index (χ2n) is 4.18. The molecule has 0 aromatic rings. The minimum absolute atomic E-state index is 0.178. The van der Waals surface area contributed by atoms with Crippen molar-refractivity contribution in [3.05, 3.63) is 0 Å². The van der Waals surface area contributed by atoms with Crippen LogP contribution in [0, 0.1) is 0 Å². The van der Waals surface area contributed by atoms with Gasteiger partial charge < -0.3 is 9.47 Å². The van der Waals surface area contributed by atoms with Gasteiger partial charge in [0.05, 0.1) is 0 Å². The van der Waals surface area contributed by atoms with Gasteiger partial charge in [-0.3, -0.25) is 10.2 Å². The zero-order valence-electron chi connectivity index (χ0n) is 8.94. The van der Waals surface area contributed by atoms with Crippen LogP contribution in [0.1, 0.15) is 13.8 Å². The van der Waals surface area contributed by atoms with Crippen LogP contribution in [0.5, 0.6) is 0 Å². The molecule has 3 atom stereocenters. The number of piperazine rings is 1. The SMILES string of the molecule is C[C@H]1CN(C)[C@]2(C)OC(=O)C(=O)OC2N1. The molecule has 6 nitrogen and oxygen atoms in total. The predicted octanol–water partition coefficient (Wildman–Crippen LogP) is -0.948. The van der Waals surface area contributed by atoms with Gasteiger partial charge in [-0.1, -0.05) is 0 Å². The largest absolute Gasteiger partial charge is 0.432 e. The van der Waals surface area contributed by atoms with Gasteiger partial charge in [-0.15, -0.1) is 0 Å². The number of nitrogens with zero attached hydrogens (tertiary/aromatic N) is 1. The van der Waals surface area contributed by atoms with E-state index in [1.165, 1.54) is 0 Å². The molecule has 2 saturated heterocycles. The fourth-order valence-electron chi connectivity index (χ4n) is 1.92. The number of esters is 2. The van der Waals surface area contributed by atoms with E-state index in [4.69, 9.17) is 9.47 Å². The Bertz CT molecular complexity index is 319. The van der Waals surface area contributed by atoms with E-state index in [2.05, 4.69) is 5.32 Å². The highest BCUT2D eigenvalue weighted by Gasteiger charge is 2.53. The van der Waals surface area contributed by atoms with Crippen LogP contribution in [0.4, 0.5) is 0 Å². The van der Waals surface area contributed by atoms with Gasteiger partial charge in [0.15, 0.2) is 0 Å². The summed E-state index contributed by atoms with van der Waals surface area (Å²) in [5, 5.41) is 3.08. The van der Waals surface area contributed by atoms with Crippen molar-refractivity contribution >= 4 is 11.9 Å². The zero-order valence-corrected chi connectivity index (χ0v) is 8.94. The molecule has 2 heterocycles. The van der Waals surface area contributed by atoms with Crippen LogP contribution in [-0.4, -0.2) is 48.4 Å². The van der Waals surface area contributed by atoms with Gasteiger partial charge >= 0.3 is 11.9 Å². The summed E-state index contributed by atoms with van der Waals surface area (Å²) in [6.07, 6.45) is -0.601. The number of carbonyl (C=O) groups excluding carboxylic acids is 2. The Morgan fingerprint density at radius 3 is 2.80 bits per heavy atom. The van der Waals surface area contributed by atoms with Crippen LogP contribution >= 0.6 is 0 Å². The molecule has 0 aromatic heterocycles. The first-order chi connectivity index (χ1) is 6.93. The fraction of sp³-hybridized carbons (Fsp3) is 0.778. The highest BCUT2D eigenvalue weighted by Crippen LogP contribution is 2.29. The second kappa shape index (κ2) is 3.18. The molecule has 2 fully saturated rings. The van der Waals surface area contributed by atoms with Gasteiger partial charge in [0.25, 0.3) is 0 Å². The summed E-state index contributed by atoms with van der Waals surface area (Å²) in [4.78, 5) is 24.0. The Morgan fingerprint density at radius 2 is 2.13 bits per heavy atom. The molecular weight excluding hydrogens is 200 g/mol. The molecule has 1 unspecified atom stereocenters. The van der Waals surface area contributed by atoms with Crippen molar-refractivity contribution in [2.45, 2.75) is 31.8 Å². The van der Waals surface area contributed by atoms with Crippen LogP contribution in [-0.2, 0) is 19.1 Å². The van der Waals surface area contributed by atoms with Gasteiger partial charge in [-0.05, 0) is 20.9 Å². The average Bonchev–Trinajstić information content (AvgIpc) is 2.12. The number of nitrogens with one attached hydrogen (secondary N) is 1. The molecule has 6 heteroatoms. The van der Waals surface area contributed by atoms with E-state index in [9.17, 15) is 9.59 Å². The maximum atomic E-state index is 11.1. The number of carbonyl (C=O) groups is 2. The standard InChI is InChI=1S/C9H14N2O4/c1-5-4-11(3)9(2)8(10-5)14-6(12)7(13)15-9/h5,8,10H,4H2,1-3H3/t5-,8?,9+/m0/s1. The van der Waals surface area contributed by atoms with E-state index in [0.717, 1.165) is 6.54 Å². The van der Waals surface area contributed by atoms with Crippen LogP contribution < -0.4 is 5.32 Å². The monoisotopic (exact) mass is 214 g/mol. The lowest BCUT2D eigenvalue weighted by Gasteiger charge is -2.50. The quantitative estimate of drug-likeness (QED) is 0.414. The van der Waals surface area contributed by atoms with Gasteiger partial charge in [0.2, 0.25) is 12.0 Å². The second-order valence-corrected chi connectivity index (χ2v) is 4.18. The van der Waals surface area contributed by atoms with Crippen LogP contribution in [0.2, 0.25) is 0 Å². The van der Waals surface area contributed by atoms with Crippen molar-refractivity contribution in [2.24, 2.45) is 0 Å². The van der Waals surface area contributed by atoms with Crippen molar-refractivity contribution in [2.75, 3.05) is 13.6 Å². The normalized spacial score (nSPS) is 41.8. The molecule has 2 aliphatic rings. The third-order valence-electron chi connectivity index (χ3n) is 2.92. The van der Waals surface area contributed by atoms with Crippen molar-refractivity contribution in [1.82, 2.24) is 10.2 Å². The molecule has 0 aromatic carbocycles. The number of fused-ring (bicyclic) bond motifs is 1. The van der Waals surface area contributed by atoms with E-state index in [0.29, 0.717) is 0 Å². The summed E-state index contributed by atoms with van der Waals surface area (Å²) in [5.41, 5.74) is -0.905. The van der Waals surface area contributed by atoms with Crippen LogP contribution in [0.3, 0.4) is 0 Å². The van der Waals surface area contributed by atoms with Crippen LogP contribution in [0.25, 0.3) is 0 Å². The van der Waals surface area contributed by atoms with Gasteiger partial charge in [-0.2, -0.15) is 0 Å². The molecule has 0 saturated carbocycles. The van der Waals surface area contributed by atoms with Gasteiger partial charge in [-0.25, -0.2) is 9.59 Å². The number of rotatable bonds is 0. The molecule has 15 heavy (non-hydrogen) atoms. The van der Waals surface area contributed by atoms with Crippen molar-refractivity contribution < 1.29 is 19.1 Å². The maximum absolute atomic E-state index is 11.1. The minimum atomic E-state index is -0.938. The Morgan fingerprint density at radius 1 is 1.47 bits per heavy atom. The summed E-state index contributed by atoms with van der Waals surface area (Å²) in [6, 6.07) is 0.178. The maximum Gasteiger partial charge on any atom is 0.419 e. The summed E-state index contributed by atoms with van der Waals surface area (Å²) >= 11 is 0. The van der Waals surface area contributed by atoms with E-state index in [1.807, 2.05) is 18.9 Å². The molecule has 0 amide bonds. The topological polar surface area (TPSA) is 67.9 Å². The van der Waals surface area contributed by atoms with Gasteiger partial charge in [0.1, 0.15) is 0 Å². The third kappa shape index (κ3) is 1.49. The lowest BCUT2D eigenvalue weighted by Crippen LogP contribution is -2.72. The lowest BCUT2D eigenvalue weighted by molar-refractivity contribution is -0.256. The van der Waals surface area contributed by atoms with E-state index < -0.39 is 23.9 Å². The van der Waals surface area contributed by atoms with Crippen LogP contribution in [0.15, 0.2) is 0 Å². The Balaban J connectivity index is 2.26. The van der Waals surface area contributed by atoms with Crippen molar-refractivity contribution in [3.63, 3.8) is 0 Å². The number of likely N-dealkylation sites (N-methyl/N-ethyl adjacent to an activating group) is 1. The molecule has 0 spiro atoms. The smallest absolute Gasteiger partial charge is 0.419 e. The molecule has 2 rings (SSSR count). The molecule has 0 bridgehead atoms. The molecule has 0 aliphatic carbocycles. The van der Waals surface area contributed by atoms with E-state index in [-0.39, 0.29) is 6.04 Å². The number of ether oxygens (including phenoxy) is 2. The molecular formula is C9H14N2O4. The Kier molecular flexibility index (Phi) is 2.20. The average molecular weight is 214 g/mol. The van der Waals surface area contributed by atoms with Gasteiger partial charge in [0, 0.05) is 12.6 Å². The molecule has 2 aliphatic heterocycles. The molecule has 0 radical (unpaired) electrons. The summed E-state index contributed by atoms with van der Waals surface area (Å²) in [5.74, 6) is -1.87. The van der Waals surface area contributed by atoms with E-state index >= 15 is 0 Å². The summed E-state index contributed by atoms with van der Waals surface area (Å²) in [7, 11) is 1.83. The number of hydrogen-bond donors (Lipinski definition) is 1. The molecule has 1 N–H and O–H groups in total. The zero-order chi connectivity index (χ0) is 11.2. The first-order valence-electron chi connectivity index (χ1n) is 4.84. The summed E-state index contributed by atoms with van der Waals surface area (Å²) in [6.45, 7) is 4.42. The first kappa shape index (κ1) is 10.4. The highest BCUT2D eigenvalue weighted by molar-refractivity contribution is 6.30. The summed E-state index contributed by atoms with van der Waals surface area (Å²) < 4.78 is 10.1. The first-order valence-corrected chi connectivity index (χ1v) is 4.84. The van der Waals surface area contributed by atoms with Crippen molar-refractivity contribution in [1.29, 1.82) is 0 Å². The highest BCUT2D eigenvalue weighted by atomic mass is 16.7. The van der Waals surface area contributed by atoms with Crippen molar-refractivity contribution in [3.8, 4) is 0 Å². The lowest BCUT2D eigenvalue weighted by atomic mass is 10.1. The fourth-order valence-corrected chi connectivity index (χ4v) is 1.92. The number of hydrogen-bond acceptors (Lipinski definition) is 6. The third-order valence-corrected chi connectivity index (χ3v) is 2.92. The van der Waals surface area contributed by atoms with E-state index in [1.54, 1.807) is 6.92 Å². The molecule has 84 valence electrons. The Hall–Kier alpha value is -1.14. The Labute approximate surface area is 87.5 Å².